The molecule has 2 rings (SSSR count). The monoisotopic (exact) mass is 378 g/mol. The van der Waals surface area contributed by atoms with Gasteiger partial charge in [0.2, 0.25) is 0 Å². The molecule has 1 aliphatic heterocycles. The number of imide groups is 1. The number of rotatable bonds is 2. The number of ether oxygens (including phenoxy) is 3. The first-order chi connectivity index (χ1) is 12.4. The van der Waals surface area contributed by atoms with Crippen LogP contribution in [0.25, 0.3) is 0 Å². The van der Waals surface area contributed by atoms with Crippen molar-refractivity contribution < 1.29 is 23.8 Å². The molecule has 1 atom stereocenters. The number of hydrogen-bond donors (Lipinski definition) is 0. The highest BCUT2D eigenvalue weighted by atomic mass is 16.6. The van der Waals surface area contributed by atoms with Crippen molar-refractivity contribution in [2.24, 2.45) is 0 Å². The fourth-order valence-corrected chi connectivity index (χ4v) is 2.72. The van der Waals surface area contributed by atoms with Crippen LogP contribution in [0.15, 0.2) is 12.3 Å². The minimum absolute atomic E-state index is 0.0458. The fourth-order valence-electron chi connectivity index (χ4n) is 2.72. The van der Waals surface area contributed by atoms with E-state index < -0.39 is 23.4 Å². The number of aryl methyl sites for hydroxylation is 1. The normalized spacial score (nSPS) is 17.5. The van der Waals surface area contributed by atoms with E-state index in [1.807, 2.05) is 6.92 Å². The lowest BCUT2D eigenvalue weighted by Crippen LogP contribution is -2.44. The summed E-state index contributed by atoms with van der Waals surface area (Å²) in [6.07, 6.45) is 1.74. The molecule has 1 saturated heterocycles. The van der Waals surface area contributed by atoms with Crippen molar-refractivity contribution in [3.8, 4) is 0 Å². The highest BCUT2D eigenvalue weighted by molar-refractivity contribution is 6.09. The summed E-state index contributed by atoms with van der Waals surface area (Å²) < 4.78 is 16.5. The van der Waals surface area contributed by atoms with Gasteiger partial charge < -0.3 is 14.2 Å². The van der Waals surface area contributed by atoms with E-state index in [1.165, 1.54) is 6.20 Å². The number of pyridine rings is 1. The maximum atomic E-state index is 12.7. The zero-order valence-electron chi connectivity index (χ0n) is 17.3. The summed E-state index contributed by atoms with van der Waals surface area (Å²) in [7, 11) is 0. The number of carbonyl (C=O) groups excluding carboxylic acids is 2. The van der Waals surface area contributed by atoms with E-state index in [1.54, 1.807) is 47.6 Å². The van der Waals surface area contributed by atoms with Crippen LogP contribution in [-0.4, -0.2) is 35.0 Å². The Morgan fingerprint density at radius 3 is 2.07 bits per heavy atom. The van der Waals surface area contributed by atoms with Crippen molar-refractivity contribution in [2.45, 2.75) is 78.6 Å². The fraction of sp³-hybridized carbons (Fsp3) is 0.650. The second-order valence-electron chi connectivity index (χ2n) is 8.69. The summed E-state index contributed by atoms with van der Waals surface area (Å²) in [6.45, 7) is 13.0. The molecule has 0 bridgehead atoms. The Bertz CT molecular complexity index is 669. The standard InChI is InChI=1S/C20H30N2O5/c1-13-11-14(12-21-16(13)15-9-8-10-25-15)22(17(23)26-19(2,3)4)18(24)27-20(5,6)7/h11-12,15H,8-10H2,1-7H3. The summed E-state index contributed by atoms with van der Waals surface area (Å²) in [6, 6.07) is 1.73. The number of nitrogens with zero attached hydrogens (tertiary/aromatic N) is 2. The molecular formula is C20H30N2O5. The summed E-state index contributed by atoms with van der Waals surface area (Å²) in [5, 5.41) is 0. The van der Waals surface area contributed by atoms with E-state index >= 15 is 0 Å². The molecule has 1 aliphatic rings. The van der Waals surface area contributed by atoms with Gasteiger partial charge in [0, 0.05) is 6.61 Å². The van der Waals surface area contributed by atoms with Crippen LogP contribution in [-0.2, 0) is 14.2 Å². The molecule has 0 radical (unpaired) electrons. The molecule has 0 spiro atoms. The molecule has 7 nitrogen and oxygen atoms in total. The summed E-state index contributed by atoms with van der Waals surface area (Å²) in [4.78, 5) is 30.7. The predicted molar refractivity (Wildman–Crippen MR) is 102 cm³/mol. The van der Waals surface area contributed by atoms with E-state index in [-0.39, 0.29) is 6.10 Å². The van der Waals surface area contributed by atoms with Gasteiger partial charge in [0.15, 0.2) is 0 Å². The average molecular weight is 378 g/mol. The van der Waals surface area contributed by atoms with Gasteiger partial charge in [0.25, 0.3) is 0 Å². The van der Waals surface area contributed by atoms with Gasteiger partial charge >= 0.3 is 12.2 Å². The molecule has 1 aromatic heterocycles. The van der Waals surface area contributed by atoms with Crippen LogP contribution in [0.5, 0.6) is 0 Å². The smallest absolute Gasteiger partial charge is 0.424 e. The summed E-state index contributed by atoms with van der Waals surface area (Å²) >= 11 is 0. The Morgan fingerprint density at radius 2 is 1.67 bits per heavy atom. The molecular weight excluding hydrogens is 348 g/mol. The van der Waals surface area contributed by atoms with Crippen LogP contribution in [0.2, 0.25) is 0 Å². The zero-order valence-corrected chi connectivity index (χ0v) is 17.3. The second kappa shape index (κ2) is 7.84. The van der Waals surface area contributed by atoms with Gasteiger partial charge in [0.05, 0.1) is 23.7 Å². The quantitative estimate of drug-likeness (QED) is 0.727. The Kier molecular flexibility index (Phi) is 6.14. The van der Waals surface area contributed by atoms with E-state index in [0.29, 0.717) is 5.69 Å². The SMILES string of the molecule is Cc1cc(N(C(=O)OC(C)(C)C)C(=O)OC(C)(C)C)cnc1C1CCCO1. The van der Waals surface area contributed by atoms with Crippen LogP contribution in [0.3, 0.4) is 0 Å². The van der Waals surface area contributed by atoms with Crippen LogP contribution in [0.1, 0.15) is 71.7 Å². The average Bonchev–Trinajstić information content (AvgIpc) is 2.97. The predicted octanol–water partition coefficient (Wildman–Crippen LogP) is 4.92. The molecule has 7 heteroatoms. The third-order valence-electron chi connectivity index (χ3n) is 3.75. The van der Waals surface area contributed by atoms with Gasteiger partial charge in [-0.05, 0) is 72.9 Å². The number of amides is 2. The molecule has 0 N–H and O–H groups in total. The molecule has 150 valence electrons. The van der Waals surface area contributed by atoms with E-state index in [0.717, 1.165) is 35.6 Å². The molecule has 1 fully saturated rings. The minimum Gasteiger partial charge on any atom is -0.443 e. The van der Waals surface area contributed by atoms with Gasteiger partial charge in [-0.15, -0.1) is 0 Å². The number of aromatic nitrogens is 1. The maximum absolute atomic E-state index is 12.7. The third kappa shape index (κ3) is 5.92. The lowest BCUT2D eigenvalue weighted by molar-refractivity contribution is 0.0430. The molecule has 0 aliphatic carbocycles. The van der Waals surface area contributed by atoms with Crippen molar-refractivity contribution in [2.75, 3.05) is 11.5 Å². The highest BCUT2D eigenvalue weighted by Gasteiger charge is 2.33. The lowest BCUT2D eigenvalue weighted by atomic mass is 10.1. The van der Waals surface area contributed by atoms with Crippen molar-refractivity contribution in [3.05, 3.63) is 23.5 Å². The van der Waals surface area contributed by atoms with E-state index in [4.69, 9.17) is 14.2 Å². The Hall–Kier alpha value is -2.15. The highest BCUT2D eigenvalue weighted by Crippen LogP contribution is 2.31. The number of carbonyl (C=O) groups is 2. The van der Waals surface area contributed by atoms with Crippen molar-refractivity contribution in [1.82, 2.24) is 4.98 Å². The molecule has 1 unspecified atom stereocenters. The van der Waals surface area contributed by atoms with Gasteiger partial charge in [-0.1, -0.05) is 0 Å². The Morgan fingerprint density at radius 1 is 1.11 bits per heavy atom. The van der Waals surface area contributed by atoms with Crippen molar-refractivity contribution >= 4 is 17.9 Å². The number of hydrogen-bond acceptors (Lipinski definition) is 6. The Balaban J connectivity index is 2.35. The minimum atomic E-state index is -0.803. The van der Waals surface area contributed by atoms with Gasteiger partial charge in [-0.25, -0.2) is 9.59 Å². The molecule has 1 aromatic rings. The molecule has 2 amide bonds. The Labute approximate surface area is 161 Å². The maximum Gasteiger partial charge on any atom is 0.424 e. The molecule has 0 saturated carbocycles. The van der Waals surface area contributed by atoms with Crippen LogP contribution >= 0.6 is 0 Å². The topological polar surface area (TPSA) is 78.0 Å². The molecule has 0 aromatic carbocycles. The molecule has 27 heavy (non-hydrogen) atoms. The van der Waals surface area contributed by atoms with Crippen molar-refractivity contribution in [3.63, 3.8) is 0 Å². The van der Waals surface area contributed by atoms with Gasteiger partial charge in [-0.2, -0.15) is 4.90 Å². The first kappa shape index (κ1) is 21.2. The summed E-state index contributed by atoms with van der Waals surface area (Å²) in [5.74, 6) is 0. The van der Waals surface area contributed by atoms with E-state index in [2.05, 4.69) is 4.98 Å². The largest absolute Gasteiger partial charge is 0.443 e. The third-order valence-corrected chi connectivity index (χ3v) is 3.75. The summed E-state index contributed by atoms with van der Waals surface area (Å²) in [5.41, 5.74) is 0.466. The zero-order chi connectivity index (χ0) is 20.4. The van der Waals surface area contributed by atoms with Crippen LogP contribution in [0, 0.1) is 6.92 Å². The van der Waals surface area contributed by atoms with Gasteiger partial charge in [-0.3, -0.25) is 4.98 Å². The van der Waals surface area contributed by atoms with Crippen LogP contribution in [0.4, 0.5) is 15.3 Å². The molecule has 2 heterocycles. The van der Waals surface area contributed by atoms with E-state index in [9.17, 15) is 9.59 Å². The lowest BCUT2D eigenvalue weighted by Gasteiger charge is -2.28. The second-order valence-corrected chi connectivity index (χ2v) is 8.69. The first-order valence-electron chi connectivity index (χ1n) is 9.21. The van der Waals surface area contributed by atoms with Crippen molar-refractivity contribution in [1.29, 1.82) is 0 Å². The first-order valence-corrected chi connectivity index (χ1v) is 9.21. The number of anilines is 1. The van der Waals surface area contributed by atoms with Crippen LogP contribution < -0.4 is 4.90 Å². The van der Waals surface area contributed by atoms with Gasteiger partial charge in [0.1, 0.15) is 11.2 Å².